The monoisotopic (exact) mass is 199 g/mol. The second kappa shape index (κ2) is 2.94. The highest BCUT2D eigenvalue weighted by Gasteiger charge is 2.57. The lowest BCUT2D eigenvalue weighted by molar-refractivity contribution is -0.172. The van der Waals surface area contributed by atoms with Crippen LogP contribution in [0.4, 0.5) is 0 Å². The van der Waals surface area contributed by atoms with Crippen LogP contribution in [0.2, 0.25) is 0 Å². The maximum atomic E-state index is 11.2. The van der Waals surface area contributed by atoms with Crippen LogP contribution in [0, 0.1) is 5.41 Å². The van der Waals surface area contributed by atoms with Crippen molar-refractivity contribution >= 4 is 5.97 Å². The molecule has 3 aliphatic rings. The zero-order valence-corrected chi connectivity index (χ0v) is 8.45. The van der Waals surface area contributed by atoms with Crippen LogP contribution >= 0.6 is 0 Å². The second-order valence-electron chi connectivity index (χ2n) is 4.66. The van der Waals surface area contributed by atoms with Crippen molar-refractivity contribution in [3.8, 4) is 0 Å². The standard InChI is InChI=1S/C10H17NO3/c1-14-9-2-4-10(5-3-9,8(12)13)7(11)6-9/h7H,2-6,11H2,1H3,(H,12,13). The van der Waals surface area contributed by atoms with E-state index in [1.54, 1.807) is 7.11 Å². The van der Waals surface area contributed by atoms with E-state index in [9.17, 15) is 9.90 Å². The summed E-state index contributed by atoms with van der Waals surface area (Å²) < 4.78 is 5.49. The summed E-state index contributed by atoms with van der Waals surface area (Å²) in [6.45, 7) is 0. The summed E-state index contributed by atoms with van der Waals surface area (Å²) in [6.07, 6.45) is 3.69. The van der Waals surface area contributed by atoms with Gasteiger partial charge in [-0.1, -0.05) is 0 Å². The molecule has 0 aliphatic heterocycles. The van der Waals surface area contributed by atoms with Gasteiger partial charge in [0.15, 0.2) is 0 Å². The molecule has 0 saturated heterocycles. The van der Waals surface area contributed by atoms with Crippen LogP contribution in [0.25, 0.3) is 0 Å². The highest BCUT2D eigenvalue weighted by atomic mass is 16.5. The number of carboxylic acids is 1. The molecule has 0 radical (unpaired) electrons. The normalized spacial score (nSPS) is 46.6. The molecule has 14 heavy (non-hydrogen) atoms. The van der Waals surface area contributed by atoms with Gasteiger partial charge in [-0.3, -0.25) is 4.79 Å². The van der Waals surface area contributed by atoms with Crippen molar-refractivity contribution in [3.05, 3.63) is 0 Å². The summed E-state index contributed by atoms with van der Waals surface area (Å²) in [5, 5.41) is 9.22. The molecule has 4 nitrogen and oxygen atoms in total. The SMILES string of the molecule is COC12CCC(C(=O)O)(CC1)C(N)C2. The highest BCUT2D eigenvalue weighted by Crippen LogP contribution is 2.53. The number of nitrogens with two attached hydrogens (primary N) is 1. The highest BCUT2D eigenvalue weighted by molar-refractivity contribution is 5.76. The molecule has 1 atom stereocenters. The first-order valence-electron chi connectivity index (χ1n) is 5.09. The van der Waals surface area contributed by atoms with Crippen LogP contribution in [-0.2, 0) is 9.53 Å². The van der Waals surface area contributed by atoms with Gasteiger partial charge < -0.3 is 15.6 Å². The second-order valence-corrected chi connectivity index (χ2v) is 4.66. The molecule has 3 rings (SSSR count). The summed E-state index contributed by atoms with van der Waals surface area (Å²) in [4.78, 5) is 11.2. The van der Waals surface area contributed by atoms with Crippen LogP contribution in [0.1, 0.15) is 32.1 Å². The number of hydrogen-bond donors (Lipinski definition) is 2. The van der Waals surface area contributed by atoms with Gasteiger partial charge in [0.1, 0.15) is 0 Å². The number of methoxy groups -OCH3 is 1. The Balaban J connectivity index is 2.25. The number of hydrogen-bond acceptors (Lipinski definition) is 3. The molecule has 0 aromatic rings. The fourth-order valence-corrected chi connectivity index (χ4v) is 2.98. The number of aliphatic carboxylic acids is 1. The van der Waals surface area contributed by atoms with Gasteiger partial charge in [0.2, 0.25) is 0 Å². The van der Waals surface area contributed by atoms with E-state index < -0.39 is 11.4 Å². The summed E-state index contributed by atoms with van der Waals surface area (Å²) in [5.74, 6) is -0.727. The van der Waals surface area contributed by atoms with Gasteiger partial charge in [-0.05, 0) is 32.1 Å². The lowest BCUT2D eigenvalue weighted by Gasteiger charge is -2.53. The molecule has 0 amide bonds. The molecule has 0 aromatic carbocycles. The van der Waals surface area contributed by atoms with E-state index in [-0.39, 0.29) is 11.6 Å². The van der Waals surface area contributed by atoms with Crippen molar-refractivity contribution in [2.24, 2.45) is 11.1 Å². The van der Waals surface area contributed by atoms with Gasteiger partial charge in [0.05, 0.1) is 11.0 Å². The fraction of sp³-hybridized carbons (Fsp3) is 0.900. The number of rotatable bonds is 2. The number of fused-ring (bicyclic) bond motifs is 3. The molecule has 2 bridgehead atoms. The largest absolute Gasteiger partial charge is 0.481 e. The molecule has 1 unspecified atom stereocenters. The Labute approximate surface area is 83.4 Å². The molecule has 0 spiro atoms. The van der Waals surface area contributed by atoms with Gasteiger partial charge in [-0.25, -0.2) is 0 Å². The summed E-state index contributed by atoms with van der Waals surface area (Å²) >= 11 is 0. The molecule has 3 fully saturated rings. The van der Waals surface area contributed by atoms with Crippen LogP contribution in [0.15, 0.2) is 0 Å². The van der Waals surface area contributed by atoms with Crippen LogP contribution < -0.4 is 5.73 Å². The Morgan fingerprint density at radius 2 is 2.00 bits per heavy atom. The smallest absolute Gasteiger partial charge is 0.311 e. The Morgan fingerprint density at radius 1 is 1.43 bits per heavy atom. The molecular weight excluding hydrogens is 182 g/mol. The average Bonchev–Trinajstić information content (AvgIpc) is 2.19. The van der Waals surface area contributed by atoms with E-state index in [0.717, 1.165) is 12.8 Å². The Morgan fingerprint density at radius 3 is 2.36 bits per heavy atom. The van der Waals surface area contributed by atoms with Crippen molar-refractivity contribution in [2.75, 3.05) is 7.11 Å². The topological polar surface area (TPSA) is 72.5 Å². The lowest BCUT2D eigenvalue weighted by atomic mass is 9.56. The first kappa shape index (κ1) is 9.93. The van der Waals surface area contributed by atoms with E-state index in [4.69, 9.17) is 10.5 Å². The maximum absolute atomic E-state index is 11.2. The molecule has 0 aromatic heterocycles. The minimum Gasteiger partial charge on any atom is -0.481 e. The van der Waals surface area contributed by atoms with Gasteiger partial charge in [-0.2, -0.15) is 0 Å². The molecule has 3 N–H and O–H groups in total. The van der Waals surface area contributed by atoms with Crippen LogP contribution in [0.5, 0.6) is 0 Å². The maximum Gasteiger partial charge on any atom is 0.311 e. The summed E-state index contributed by atoms with van der Waals surface area (Å²) in [7, 11) is 1.70. The van der Waals surface area contributed by atoms with Crippen molar-refractivity contribution in [3.63, 3.8) is 0 Å². The lowest BCUT2D eigenvalue weighted by Crippen LogP contribution is -2.61. The minimum absolute atomic E-state index is 0.128. The summed E-state index contributed by atoms with van der Waals surface area (Å²) in [6, 6.07) is -0.248. The average molecular weight is 199 g/mol. The molecule has 0 heterocycles. The number of ether oxygens (including phenoxy) is 1. The predicted molar refractivity (Wildman–Crippen MR) is 50.9 cm³/mol. The van der Waals surface area contributed by atoms with E-state index >= 15 is 0 Å². The van der Waals surface area contributed by atoms with Crippen molar-refractivity contribution in [2.45, 2.75) is 43.7 Å². The fourth-order valence-electron chi connectivity index (χ4n) is 2.98. The predicted octanol–water partition coefficient (Wildman–Crippen LogP) is 0.748. The van der Waals surface area contributed by atoms with E-state index in [0.29, 0.717) is 19.3 Å². The first-order valence-corrected chi connectivity index (χ1v) is 5.09. The first-order chi connectivity index (χ1) is 6.55. The van der Waals surface area contributed by atoms with Gasteiger partial charge in [-0.15, -0.1) is 0 Å². The van der Waals surface area contributed by atoms with Crippen molar-refractivity contribution < 1.29 is 14.6 Å². The van der Waals surface area contributed by atoms with Crippen molar-refractivity contribution in [1.29, 1.82) is 0 Å². The number of carbonyl (C=O) groups is 1. The zero-order chi connectivity index (χ0) is 10.4. The van der Waals surface area contributed by atoms with Gasteiger partial charge in [0, 0.05) is 13.2 Å². The quantitative estimate of drug-likeness (QED) is 0.688. The van der Waals surface area contributed by atoms with Crippen LogP contribution in [-0.4, -0.2) is 29.8 Å². The molecular formula is C10H17NO3. The third-order valence-corrected chi connectivity index (χ3v) is 4.21. The molecule has 80 valence electrons. The Hall–Kier alpha value is -0.610. The Kier molecular flexibility index (Phi) is 2.08. The zero-order valence-electron chi connectivity index (χ0n) is 8.45. The van der Waals surface area contributed by atoms with E-state index in [2.05, 4.69) is 0 Å². The molecule has 3 aliphatic carbocycles. The van der Waals surface area contributed by atoms with Crippen molar-refractivity contribution in [1.82, 2.24) is 0 Å². The van der Waals surface area contributed by atoms with Gasteiger partial charge >= 0.3 is 5.97 Å². The minimum atomic E-state index is -0.727. The third-order valence-electron chi connectivity index (χ3n) is 4.21. The molecule has 4 heteroatoms. The van der Waals surface area contributed by atoms with Crippen LogP contribution in [0.3, 0.4) is 0 Å². The third kappa shape index (κ3) is 1.10. The Bertz CT molecular complexity index is 256. The van der Waals surface area contributed by atoms with Gasteiger partial charge in [0.25, 0.3) is 0 Å². The summed E-state index contributed by atoms with van der Waals surface area (Å²) in [5.41, 5.74) is 5.16. The van der Waals surface area contributed by atoms with E-state index in [1.165, 1.54) is 0 Å². The molecule has 3 saturated carbocycles. The van der Waals surface area contributed by atoms with E-state index in [1.807, 2.05) is 0 Å². The number of carboxylic acid groups (broad SMARTS) is 1.